The Kier molecular flexibility index (Phi) is 7.75. The largest absolute Gasteiger partial charge is 0.324 e. The van der Waals surface area contributed by atoms with Gasteiger partial charge in [0.2, 0.25) is 15.9 Å². The van der Waals surface area contributed by atoms with Crippen molar-refractivity contribution in [2.24, 2.45) is 0 Å². The van der Waals surface area contributed by atoms with Crippen LogP contribution in [0.25, 0.3) is 0 Å². The molecule has 28 heavy (non-hydrogen) atoms. The molecule has 0 aliphatic heterocycles. The number of amides is 1. The summed E-state index contributed by atoms with van der Waals surface area (Å²) in [6, 6.07) is 11.0. The van der Waals surface area contributed by atoms with Crippen LogP contribution in [0.1, 0.15) is 32.3 Å². The second-order valence-corrected chi connectivity index (χ2v) is 9.32. The number of sulfonamides is 1. The Morgan fingerprint density at radius 1 is 1.14 bits per heavy atom. The summed E-state index contributed by atoms with van der Waals surface area (Å²) in [5.41, 5.74) is 1.95. The fourth-order valence-electron chi connectivity index (χ4n) is 2.82. The van der Waals surface area contributed by atoms with E-state index in [0.717, 1.165) is 29.8 Å². The first-order valence-corrected chi connectivity index (χ1v) is 11.6. The molecule has 0 heterocycles. The molecular formula is C20H24Cl2N2O3S. The Hall–Kier alpha value is -1.76. The van der Waals surface area contributed by atoms with Crippen molar-refractivity contribution in [1.29, 1.82) is 0 Å². The summed E-state index contributed by atoms with van der Waals surface area (Å²) >= 11 is 12.2. The lowest BCUT2D eigenvalue weighted by Crippen LogP contribution is -2.45. The molecule has 0 aromatic heterocycles. The first-order chi connectivity index (χ1) is 13.1. The van der Waals surface area contributed by atoms with Crippen LogP contribution >= 0.6 is 23.2 Å². The number of hydrogen-bond donors (Lipinski definition) is 1. The number of aryl methyl sites for hydroxylation is 1. The summed E-state index contributed by atoms with van der Waals surface area (Å²) in [6.07, 6.45) is 4.22. The topological polar surface area (TPSA) is 66.5 Å². The molecule has 0 aliphatic rings. The van der Waals surface area contributed by atoms with Crippen molar-refractivity contribution in [2.45, 2.75) is 39.2 Å². The molecule has 0 unspecified atom stereocenters. The quantitative estimate of drug-likeness (QED) is 0.615. The van der Waals surface area contributed by atoms with E-state index in [-0.39, 0.29) is 10.7 Å². The standard InChI is InChI=1S/C20H24Cl2N2O3S/c1-4-5-6-15-7-10-17(11-8-15)23-20(25)14(2)24(28(3,26)27)19-13-16(21)9-12-18(19)22/h7-14H,4-6H2,1-3H3,(H,23,25)/t14-/m1/s1. The lowest BCUT2D eigenvalue weighted by atomic mass is 10.1. The molecule has 0 radical (unpaired) electrons. The van der Waals surface area contributed by atoms with Crippen molar-refractivity contribution in [3.63, 3.8) is 0 Å². The van der Waals surface area contributed by atoms with E-state index in [9.17, 15) is 13.2 Å². The van der Waals surface area contributed by atoms with Gasteiger partial charge in [0.15, 0.2) is 0 Å². The third-order valence-corrected chi connectivity index (χ3v) is 6.06. The molecule has 0 saturated carbocycles. The van der Waals surface area contributed by atoms with E-state index in [0.29, 0.717) is 10.7 Å². The Balaban J connectivity index is 2.23. The van der Waals surface area contributed by atoms with Gasteiger partial charge in [0, 0.05) is 10.7 Å². The van der Waals surface area contributed by atoms with Gasteiger partial charge in [0.1, 0.15) is 6.04 Å². The summed E-state index contributed by atoms with van der Waals surface area (Å²) in [6.45, 7) is 3.64. The van der Waals surface area contributed by atoms with Crippen molar-refractivity contribution in [2.75, 3.05) is 15.9 Å². The van der Waals surface area contributed by atoms with Crippen molar-refractivity contribution in [3.8, 4) is 0 Å². The molecule has 0 aliphatic carbocycles. The molecule has 1 atom stereocenters. The Morgan fingerprint density at radius 3 is 2.36 bits per heavy atom. The molecule has 0 saturated heterocycles. The van der Waals surface area contributed by atoms with Crippen molar-refractivity contribution >= 4 is 50.5 Å². The third kappa shape index (κ3) is 5.87. The van der Waals surface area contributed by atoms with Crippen LogP contribution in [-0.2, 0) is 21.2 Å². The maximum atomic E-state index is 12.7. The van der Waals surface area contributed by atoms with Crippen LogP contribution in [0, 0.1) is 0 Å². The smallest absolute Gasteiger partial charge is 0.247 e. The highest BCUT2D eigenvalue weighted by Crippen LogP contribution is 2.32. The second-order valence-electron chi connectivity index (χ2n) is 6.62. The number of rotatable bonds is 8. The minimum Gasteiger partial charge on any atom is -0.324 e. The average molecular weight is 443 g/mol. The number of carbonyl (C=O) groups excluding carboxylic acids is 1. The highest BCUT2D eigenvalue weighted by molar-refractivity contribution is 7.92. The number of unbranched alkanes of at least 4 members (excludes halogenated alkanes) is 1. The minimum absolute atomic E-state index is 0.161. The van der Waals surface area contributed by atoms with Gasteiger partial charge in [0.25, 0.3) is 0 Å². The Bertz CT molecular complexity index is 931. The maximum absolute atomic E-state index is 12.7. The highest BCUT2D eigenvalue weighted by Gasteiger charge is 2.30. The summed E-state index contributed by atoms with van der Waals surface area (Å²) in [4.78, 5) is 12.7. The van der Waals surface area contributed by atoms with Gasteiger partial charge in [-0.25, -0.2) is 8.42 Å². The van der Waals surface area contributed by atoms with E-state index in [1.165, 1.54) is 24.6 Å². The van der Waals surface area contributed by atoms with E-state index in [1.54, 1.807) is 6.07 Å². The number of nitrogens with zero attached hydrogens (tertiary/aromatic N) is 1. The van der Waals surface area contributed by atoms with Gasteiger partial charge in [-0.05, 0) is 55.7 Å². The number of carbonyl (C=O) groups is 1. The second kappa shape index (κ2) is 9.63. The van der Waals surface area contributed by atoms with Crippen LogP contribution in [0.2, 0.25) is 10.0 Å². The van der Waals surface area contributed by atoms with Crippen LogP contribution in [-0.4, -0.2) is 26.6 Å². The number of hydrogen-bond acceptors (Lipinski definition) is 3. The van der Waals surface area contributed by atoms with Crippen LogP contribution in [0.5, 0.6) is 0 Å². The molecule has 0 fully saturated rings. The summed E-state index contributed by atoms with van der Waals surface area (Å²) < 4.78 is 25.7. The summed E-state index contributed by atoms with van der Waals surface area (Å²) in [5, 5.41) is 3.27. The number of halogens is 2. The van der Waals surface area contributed by atoms with Gasteiger partial charge in [-0.3, -0.25) is 9.10 Å². The summed E-state index contributed by atoms with van der Waals surface area (Å²) in [7, 11) is -3.78. The van der Waals surface area contributed by atoms with Crippen LogP contribution in [0.4, 0.5) is 11.4 Å². The lowest BCUT2D eigenvalue weighted by Gasteiger charge is -2.29. The molecule has 2 rings (SSSR count). The van der Waals surface area contributed by atoms with Crippen molar-refractivity contribution in [3.05, 3.63) is 58.1 Å². The molecule has 0 spiro atoms. The zero-order valence-electron chi connectivity index (χ0n) is 16.1. The fraction of sp³-hybridized carbons (Fsp3) is 0.350. The fourth-order valence-corrected chi connectivity index (χ4v) is 4.42. The SMILES string of the molecule is CCCCc1ccc(NC(=O)[C@@H](C)N(c2cc(Cl)ccc2Cl)S(C)(=O)=O)cc1. The number of nitrogens with one attached hydrogen (secondary N) is 1. The third-order valence-electron chi connectivity index (χ3n) is 4.27. The maximum Gasteiger partial charge on any atom is 0.247 e. The molecular weight excluding hydrogens is 419 g/mol. The number of benzene rings is 2. The molecule has 1 N–H and O–H groups in total. The van der Waals surface area contributed by atoms with E-state index < -0.39 is 22.0 Å². The normalized spacial score (nSPS) is 12.5. The van der Waals surface area contributed by atoms with Gasteiger partial charge in [-0.1, -0.05) is 48.7 Å². The first kappa shape index (κ1) is 22.5. The highest BCUT2D eigenvalue weighted by atomic mass is 35.5. The van der Waals surface area contributed by atoms with E-state index >= 15 is 0 Å². The molecule has 2 aromatic carbocycles. The predicted molar refractivity (Wildman–Crippen MR) is 117 cm³/mol. The first-order valence-electron chi connectivity index (χ1n) is 8.97. The zero-order chi connectivity index (χ0) is 20.9. The van der Waals surface area contributed by atoms with E-state index in [4.69, 9.17) is 23.2 Å². The zero-order valence-corrected chi connectivity index (χ0v) is 18.4. The van der Waals surface area contributed by atoms with Crippen molar-refractivity contribution < 1.29 is 13.2 Å². The molecule has 152 valence electrons. The van der Waals surface area contributed by atoms with Crippen LogP contribution < -0.4 is 9.62 Å². The molecule has 5 nitrogen and oxygen atoms in total. The Labute approximate surface area is 176 Å². The van der Waals surface area contributed by atoms with E-state index in [2.05, 4.69) is 12.2 Å². The number of anilines is 2. The van der Waals surface area contributed by atoms with E-state index in [1.807, 2.05) is 24.3 Å². The molecule has 2 aromatic rings. The Morgan fingerprint density at radius 2 is 1.79 bits per heavy atom. The van der Waals surface area contributed by atoms with Gasteiger partial charge in [-0.15, -0.1) is 0 Å². The summed E-state index contributed by atoms with van der Waals surface area (Å²) in [5.74, 6) is -0.470. The molecule has 8 heteroatoms. The average Bonchev–Trinajstić information content (AvgIpc) is 2.63. The predicted octanol–water partition coefficient (Wildman–Crippen LogP) is 5.13. The van der Waals surface area contributed by atoms with Gasteiger partial charge >= 0.3 is 0 Å². The van der Waals surface area contributed by atoms with Gasteiger partial charge in [0.05, 0.1) is 17.0 Å². The van der Waals surface area contributed by atoms with Gasteiger partial charge < -0.3 is 5.32 Å². The van der Waals surface area contributed by atoms with Gasteiger partial charge in [-0.2, -0.15) is 0 Å². The lowest BCUT2D eigenvalue weighted by molar-refractivity contribution is -0.116. The molecule has 0 bridgehead atoms. The van der Waals surface area contributed by atoms with Crippen LogP contribution in [0.3, 0.4) is 0 Å². The van der Waals surface area contributed by atoms with Crippen LogP contribution in [0.15, 0.2) is 42.5 Å². The van der Waals surface area contributed by atoms with Crippen molar-refractivity contribution in [1.82, 2.24) is 0 Å². The monoisotopic (exact) mass is 442 g/mol. The minimum atomic E-state index is -3.78. The molecule has 1 amide bonds.